The predicted octanol–water partition coefficient (Wildman–Crippen LogP) is 1.89. The monoisotopic (exact) mass is 267 g/mol. The van der Waals surface area contributed by atoms with Crippen LogP contribution in [-0.2, 0) is 0 Å². The fourth-order valence-electron chi connectivity index (χ4n) is 2.10. The first-order valence-electron chi connectivity index (χ1n) is 5.67. The summed E-state index contributed by atoms with van der Waals surface area (Å²) < 4.78 is 13.6. The molecule has 0 radical (unpaired) electrons. The van der Waals surface area contributed by atoms with Gasteiger partial charge >= 0.3 is 0 Å². The molecule has 1 aliphatic rings. The van der Waals surface area contributed by atoms with Gasteiger partial charge in [-0.1, -0.05) is 6.07 Å². The van der Waals surface area contributed by atoms with Gasteiger partial charge in [0.05, 0.1) is 11.3 Å². The van der Waals surface area contributed by atoms with Crippen molar-refractivity contribution < 1.29 is 14.0 Å². The van der Waals surface area contributed by atoms with E-state index in [1.807, 2.05) is 0 Å². The topological polar surface area (TPSA) is 74.1 Å². The highest BCUT2D eigenvalue weighted by Crippen LogP contribution is 2.30. The van der Waals surface area contributed by atoms with Crippen molar-refractivity contribution in [2.75, 3.05) is 4.90 Å². The van der Waals surface area contributed by atoms with Crippen molar-refractivity contribution in [3.8, 4) is 6.07 Å². The Morgan fingerprint density at radius 1 is 1.15 bits per heavy atom. The molecule has 1 aliphatic heterocycles. The van der Waals surface area contributed by atoms with E-state index in [2.05, 4.69) is 4.98 Å². The van der Waals surface area contributed by atoms with Crippen LogP contribution in [0.15, 0.2) is 36.5 Å². The van der Waals surface area contributed by atoms with Crippen molar-refractivity contribution in [1.82, 2.24) is 4.98 Å². The second-order valence-electron chi connectivity index (χ2n) is 4.09. The van der Waals surface area contributed by atoms with Crippen molar-refractivity contribution in [2.45, 2.75) is 0 Å². The molecule has 5 nitrogen and oxygen atoms in total. The third-order valence-corrected chi connectivity index (χ3v) is 2.99. The van der Waals surface area contributed by atoms with Crippen LogP contribution in [0.2, 0.25) is 0 Å². The van der Waals surface area contributed by atoms with E-state index < -0.39 is 17.6 Å². The van der Waals surface area contributed by atoms with Crippen molar-refractivity contribution in [3.05, 3.63) is 59.2 Å². The van der Waals surface area contributed by atoms with Gasteiger partial charge in [0.15, 0.2) is 0 Å². The number of carbonyl (C=O) groups excluding carboxylic acids is 2. The molecular formula is C14H6FN3O2. The maximum Gasteiger partial charge on any atom is 0.284 e. The Bertz CT molecular complexity index is 760. The van der Waals surface area contributed by atoms with Gasteiger partial charge in [0.2, 0.25) is 0 Å². The number of hydrogen-bond acceptors (Lipinski definition) is 4. The molecule has 0 bridgehead atoms. The number of benzene rings is 1. The number of pyridine rings is 1. The molecule has 6 heteroatoms. The molecule has 0 unspecified atom stereocenters. The van der Waals surface area contributed by atoms with Gasteiger partial charge in [0.25, 0.3) is 11.8 Å². The SMILES string of the molecule is N#Cc1c(F)cccc1N1C(=O)c2cccnc2C1=O. The number of halogens is 1. The highest BCUT2D eigenvalue weighted by Gasteiger charge is 2.39. The van der Waals surface area contributed by atoms with Crippen molar-refractivity contribution >= 4 is 17.5 Å². The number of aromatic nitrogens is 1. The Hall–Kier alpha value is -3.07. The van der Waals surface area contributed by atoms with E-state index in [0.717, 1.165) is 11.0 Å². The molecule has 0 fully saturated rings. The summed E-state index contributed by atoms with van der Waals surface area (Å²) in [7, 11) is 0. The minimum Gasteiger partial charge on any atom is -0.268 e. The van der Waals surface area contributed by atoms with Crippen LogP contribution in [0, 0.1) is 17.1 Å². The van der Waals surface area contributed by atoms with Crippen LogP contribution in [-0.4, -0.2) is 16.8 Å². The summed E-state index contributed by atoms with van der Waals surface area (Å²) in [6.45, 7) is 0. The minimum absolute atomic E-state index is 0.00523. The molecule has 2 aromatic rings. The normalized spacial score (nSPS) is 13.3. The summed E-state index contributed by atoms with van der Waals surface area (Å²) in [6, 6.07) is 8.45. The highest BCUT2D eigenvalue weighted by atomic mass is 19.1. The first kappa shape index (κ1) is 12.0. The molecule has 0 N–H and O–H groups in total. The number of amides is 2. The van der Waals surface area contributed by atoms with Gasteiger partial charge in [-0.15, -0.1) is 0 Å². The average molecular weight is 267 g/mol. The number of rotatable bonds is 1. The molecule has 0 atom stereocenters. The van der Waals surface area contributed by atoms with Gasteiger partial charge in [-0.2, -0.15) is 5.26 Å². The molecule has 1 aromatic carbocycles. The molecular weight excluding hydrogens is 261 g/mol. The summed E-state index contributed by atoms with van der Waals surface area (Å²) >= 11 is 0. The number of fused-ring (bicyclic) bond motifs is 1. The Morgan fingerprint density at radius 2 is 1.95 bits per heavy atom. The van der Waals surface area contributed by atoms with E-state index in [-0.39, 0.29) is 22.5 Å². The minimum atomic E-state index is -0.783. The van der Waals surface area contributed by atoms with Gasteiger partial charge in [-0.3, -0.25) is 14.6 Å². The third-order valence-electron chi connectivity index (χ3n) is 2.99. The number of nitrogens with zero attached hydrogens (tertiary/aromatic N) is 3. The fraction of sp³-hybridized carbons (Fsp3) is 0. The van der Waals surface area contributed by atoms with E-state index in [4.69, 9.17) is 5.26 Å². The molecule has 2 heterocycles. The summed E-state index contributed by atoms with van der Waals surface area (Å²) in [6.07, 6.45) is 1.39. The Balaban J connectivity index is 2.20. The van der Waals surface area contributed by atoms with Crippen LogP contribution in [0.4, 0.5) is 10.1 Å². The molecule has 20 heavy (non-hydrogen) atoms. The van der Waals surface area contributed by atoms with E-state index >= 15 is 0 Å². The van der Waals surface area contributed by atoms with E-state index in [0.29, 0.717) is 0 Å². The lowest BCUT2D eigenvalue weighted by Crippen LogP contribution is -2.30. The summed E-state index contributed by atoms with van der Waals surface area (Å²) in [4.78, 5) is 29.1. The Labute approximate surface area is 112 Å². The molecule has 0 spiro atoms. The van der Waals surface area contributed by atoms with Gasteiger partial charge in [0.1, 0.15) is 23.1 Å². The van der Waals surface area contributed by atoms with Crippen molar-refractivity contribution in [1.29, 1.82) is 5.26 Å². The summed E-state index contributed by atoms with van der Waals surface area (Å²) in [5, 5.41) is 8.99. The van der Waals surface area contributed by atoms with E-state index in [1.165, 1.54) is 30.5 Å². The van der Waals surface area contributed by atoms with Gasteiger partial charge in [-0.25, -0.2) is 9.29 Å². The number of anilines is 1. The second kappa shape index (κ2) is 4.24. The lowest BCUT2D eigenvalue weighted by Gasteiger charge is -2.15. The molecule has 2 amide bonds. The van der Waals surface area contributed by atoms with E-state index in [9.17, 15) is 14.0 Å². The molecule has 0 saturated heterocycles. The van der Waals surface area contributed by atoms with Crippen LogP contribution in [0.1, 0.15) is 26.4 Å². The Morgan fingerprint density at radius 3 is 2.65 bits per heavy atom. The Kier molecular flexibility index (Phi) is 2.54. The van der Waals surface area contributed by atoms with Crippen molar-refractivity contribution in [3.63, 3.8) is 0 Å². The van der Waals surface area contributed by atoms with Gasteiger partial charge < -0.3 is 0 Å². The third kappa shape index (κ3) is 1.50. The largest absolute Gasteiger partial charge is 0.284 e. The zero-order chi connectivity index (χ0) is 14.3. The predicted molar refractivity (Wildman–Crippen MR) is 66.5 cm³/mol. The molecule has 96 valence electrons. The van der Waals surface area contributed by atoms with Crippen LogP contribution in [0.5, 0.6) is 0 Å². The second-order valence-corrected chi connectivity index (χ2v) is 4.09. The summed E-state index contributed by atoms with van der Waals surface area (Å²) in [5.41, 5.74) is -0.265. The van der Waals surface area contributed by atoms with Crippen LogP contribution >= 0.6 is 0 Å². The number of hydrogen-bond donors (Lipinski definition) is 0. The van der Waals surface area contributed by atoms with Gasteiger partial charge in [0, 0.05) is 6.20 Å². The fourth-order valence-corrected chi connectivity index (χ4v) is 2.10. The lowest BCUT2D eigenvalue weighted by atomic mass is 10.1. The smallest absolute Gasteiger partial charge is 0.268 e. The lowest BCUT2D eigenvalue weighted by molar-refractivity contribution is 0.0924. The first-order chi connectivity index (χ1) is 9.65. The maximum atomic E-state index is 13.6. The molecule has 0 saturated carbocycles. The van der Waals surface area contributed by atoms with Crippen LogP contribution < -0.4 is 4.90 Å². The quantitative estimate of drug-likeness (QED) is 0.739. The van der Waals surface area contributed by atoms with Crippen LogP contribution in [0.25, 0.3) is 0 Å². The standard InChI is InChI=1S/C14H6FN3O2/c15-10-4-1-5-11(9(10)7-16)18-13(19)8-3-2-6-17-12(8)14(18)20/h1-6H. The number of imide groups is 1. The summed E-state index contributed by atoms with van der Waals surface area (Å²) in [5.74, 6) is -2.05. The maximum absolute atomic E-state index is 13.6. The number of nitriles is 1. The van der Waals surface area contributed by atoms with Crippen LogP contribution in [0.3, 0.4) is 0 Å². The molecule has 1 aromatic heterocycles. The highest BCUT2D eigenvalue weighted by molar-refractivity contribution is 6.34. The van der Waals surface area contributed by atoms with Gasteiger partial charge in [-0.05, 0) is 24.3 Å². The van der Waals surface area contributed by atoms with Crippen molar-refractivity contribution in [2.24, 2.45) is 0 Å². The zero-order valence-corrected chi connectivity index (χ0v) is 10.0. The molecule has 3 rings (SSSR count). The molecule has 0 aliphatic carbocycles. The average Bonchev–Trinajstić information content (AvgIpc) is 2.71. The first-order valence-corrected chi connectivity index (χ1v) is 5.67. The van der Waals surface area contributed by atoms with E-state index in [1.54, 1.807) is 6.07 Å². The number of carbonyl (C=O) groups is 2. The zero-order valence-electron chi connectivity index (χ0n) is 10.0.